The van der Waals surface area contributed by atoms with E-state index in [1.807, 2.05) is 0 Å². The van der Waals surface area contributed by atoms with Gasteiger partial charge < -0.3 is 42.6 Å². The summed E-state index contributed by atoms with van der Waals surface area (Å²) in [4.78, 5) is 0. The van der Waals surface area contributed by atoms with Crippen LogP contribution in [0.5, 0.6) is 0 Å². The Kier molecular flexibility index (Phi) is 15.0. The molecule has 5 heterocycles. The number of fused-ring (bicyclic) bond motifs is 1. The molecule has 0 radical (unpaired) electrons. The number of nitrogens with one attached hydrogen (secondary N) is 1. The fourth-order valence-electron chi connectivity index (χ4n) is 5.36. The molecule has 3 saturated heterocycles. The van der Waals surface area contributed by atoms with Crippen molar-refractivity contribution in [3.63, 3.8) is 0 Å². The third kappa shape index (κ3) is 9.63. The zero-order chi connectivity index (χ0) is 30.4. The summed E-state index contributed by atoms with van der Waals surface area (Å²) in [5.41, 5.74) is 0. The maximum Gasteiger partial charge on any atom is 0.283 e. The van der Waals surface area contributed by atoms with E-state index >= 15 is 0 Å². The van der Waals surface area contributed by atoms with E-state index in [2.05, 4.69) is 19.1 Å². The van der Waals surface area contributed by atoms with Gasteiger partial charge in [-0.1, -0.05) is 0 Å². The van der Waals surface area contributed by atoms with Crippen molar-refractivity contribution in [1.82, 2.24) is 19.1 Å². The maximum atomic E-state index is 9.72. The largest absolute Gasteiger partial charge is 0.396 e. The first kappa shape index (κ1) is 35.5. The average molecular weight is 688 g/mol. The van der Waals surface area contributed by atoms with Crippen LogP contribution in [0, 0.1) is 0 Å². The molecule has 0 aromatic carbocycles. The highest BCUT2D eigenvalue weighted by molar-refractivity contribution is 7.81. The summed E-state index contributed by atoms with van der Waals surface area (Å²) in [6.07, 6.45) is 2.22. The van der Waals surface area contributed by atoms with Crippen LogP contribution < -0.4 is 5.09 Å². The average Bonchev–Trinajstić information content (AvgIpc) is 3.07. The normalized spacial score (nSPS) is 33.2. The van der Waals surface area contributed by atoms with E-state index in [0.717, 1.165) is 12.8 Å². The van der Waals surface area contributed by atoms with Crippen LogP contribution in [0.1, 0.15) is 19.3 Å². The minimum Gasteiger partial charge on any atom is -0.396 e. The zero-order valence-corrected chi connectivity index (χ0v) is 28.6. The van der Waals surface area contributed by atoms with Crippen LogP contribution >= 0.6 is 22.7 Å². The van der Waals surface area contributed by atoms with Gasteiger partial charge in [-0.15, -0.1) is 0 Å². The fraction of sp³-hybridized carbons (Fsp3) is 1.00. The van der Waals surface area contributed by atoms with Gasteiger partial charge in [-0.25, -0.2) is 19.1 Å². The number of rotatable bonds is 7. The van der Waals surface area contributed by atoms with Crippen molar-refractivity contribution in [2.45, 2.75) is 19.3 Å². The second-order valence-corrected chi connectivity index (χ2v) is 18.6. The lowest BCUT2D eigenvalue weighted by atomic mass is 10.3. The highest BCUT2D eigenvalue weighted by Crippen LogP contribution is 2.80. The molecule has 0 saturated carbocycles. The van der Waals surface area contributed by atoms with Gasteiger partial charge in [0.1, 0.15) is 0 Å². The molecule has 16 nitrogen and oxygen atoms in total. The Hall–Kier alpha value is 0.170. The molecule has 2 N–H and O–H groups in total. The van der Waals surface area contributed by atoms with E-state index in [1.54, 1.807) is 0 Å². The minimum absolute atomic E-state index is 0.0516. The van der Waals surface area contributed by atoms with Gasteiger partial charge in [-0.2, -0.15) is 13.5 Å². The molecular weight excluding hydrogens is 635 g/mol. The van der Waals surface area contributed by atoms with Crippen molar-refractivity contribution in [2.75, 3.05) is 145 Å². The summed E-state index contributed by atoms with van der Waals surface area (Å²) in [5.74, 6) is 0. The predicted octanol–water partition coefficient (Wildman–Crippen LogP) is 2.68. The molecule has 0 amide bonds. The topological polar surface area (TPSA) is 153 Å². The number of morpholine rings is 3. The van der Waals surface area contributed by atoms with Crippen LogP contribution in [0.15, 0.2) is 13.5 Å². The lowest BCUT2D eigenvalue weighted by molar-refractivity contribution is 0.00876. The highest BCUT2D eigenvalue weighted by atomic mass is 31.3. The second kappa shape index (κ2) is 18.6. The van der Waals surface area contributed by atoms with Crippen molar-refractivity contribution in [3.8, 4) is 0 Å². The lowest BCUT2D eigenvalue weighted by Gasteiger charge is -2.48. The van der Waals surface area contributed by atoms with Gasteiger partial charge in [0.2, 0.25) is 7.51 Å². The first-order chi connectivity index (χ1) is 21.7. The number of nitrogens with zero attached hydrogens (tertiary/aromatic N) is 6. The van der Waals surface area contributed by atoms with E-state index in [0.29, 0.717) is 145 Å². The Labute approximate surface area is 262 Å². The summed E-state index contributed by atoms with van der Waals surface area (Å²) in [7, 11) is -8.89. The second-order valence-electron chi connectivity index (χ2n) is 10.8. The van der Waals surface area contributed by atoms with Crippen LogP contribution in [-0.2, 0) is 37.5 Å². The van der Waals surface area contributed by atoms with Gasteiger partial charge in [0.25, 0.3) is 15.2 Å². The number of hydrogen-bond donors (Lipinski definition) is 2. The molecule has 5 aliphatic rings. The molecule has 5 rings (SSSR count). The number of ether oxygens (including phenoxy) is 6. The number of hydrogen-bond acceptors (Lipinski definition) is 16. The van der Waals surface area contributed by atoms with E-state index in [1.165, 1.54) is 0 Å². The standard InChI is InChI=1S/C25H52N7O9P3/c33-11-3-4-26-42-27-43(30-5-14-35-15-6-30,31-7-16-36-17-8-31)29-44(28-42,32-9-18-37-19-10-32)41-13-2-1-12-34-20-21-38-22-23-39-24-25-40-42/h26,33H,1-25H2. The molecule has 44 heavy (non-hydrogen) atoms. The van der Waals surface area contributed by atoms with Gasteiger partial charge in [0.05, 0.1) is 85.9 Å². The van der Waals surface area contributed by atoms with Gasteiger partial charge in [0, 0.05) is 59.0 Å². The Morgan fingerprint density at radius 2 is 1.02 bits per heavy atom. The molecule has 3 fully saturated rings. The Morgan fingerprint density at radius 3 is 1.61 bits per heavy atom. The van der Waals surface area contributed by atoms with Crippen molar-refractivity contribution in [1.29, 1.82) is 0 Å². The molecule has 0 aliphatic carbocycles. The molecule has 2 unspecified atom stereocenters. The van der Waals surface area contributed by atoms with E-state index in [9.17, 15) is 5.11 Å². The molecule has 5 aliphatic heterocycles. The van der Waals surface area contributed by atoms with Gasteiger partial charge >= 0.3 is 0 Å². The molecule has 256 valence electrons. The van der Waals surface area contributed by atoms with Crippen molar-refractivity contribution in [2.24, 2.45) is 13.5 Å². The minimum atomic E-state index is -3.08. The van der Waals surface area contributed by atoms with Crippen LogP contribution in [0.3, 0.4) is 0 Å². The quantitative estimate of drug-likeness (QED) is 0.298. The molecule has 0 aromatic heterocycles. The SMILES string of the molecule is OCCCNP12=NP(N3CCOCC3)(N3CCOCC3)=NP(N3CCOCC3)(=N1)OCCCCOCCOCCOCCO2. The van der Waals surface area contributed by atoms with E-state index in [-0.39, 0.29) is 6.61 Å². The summed E-state index contributed by atoms with van der Waals surface area (Å²) < 4.78 is 72.6. The summed E-state index contributed by atoms with van der Waals surface area (Å²) in [6.45, 7) is 12.2. The molecule has 19 heteroatoms. The predicted molar refractivity (Wildman–Crippen MR) is 169 cm³/mol. The van der Waals surface area contributed by atoms with Gasteiger partial charge in [-0.05, 0) is 19.3 Å². The number of aliphatic hydroxyl groups excluding tert-OH is 1. The third-order valence-electron chi connectivity index (χ3n) is 7.65. The Bertz CT molecular complexity index is 1000. The maximum absolute atomic E-state index is 9.72. The van der Waals surface area contributed by atoms with Crippen LogP contribution in [0.25, 0.3) is 0 Å². The number of aliphatic hydroxyl groups is 1. The van der Waals surface area contributed by atoms with Crippen molar-refractivity contribution in [3.05, 3.63) is 0 Å². The van der Waals surface area contributed by atoms with Crippen LogP contribution in [0.2, 0.25) is 0 Å². The molecular formula is C25H52N7O9P3. The summed E-state index contributed by atoms with van der Waals surface area (Å²) in [5, 5.41) is 13.3. The summed E-state index contributed by atoms with van der Waals surface area (Å²) in [6, 6.07) is 0. The van der Waals surface area contributed by atoms with Gasteiger partial charge in [-0.3, -0.25) is 0 Å². The van der Waals surface area contributed by atoms with Crippen LogP contribution in [0.4, 0.5) is 0 Å². The first-order valence-electron chi connectivity index (χ1n) is 16.0. The van der Waals surface area contributed by atoms with Crippen molar-refractivity contribution >= 4 is 22.7 Å². The molecule has 0 spiro atoms. The smallest absolute Gasteiger partial charge is 0.283 e. The van der Waals surface area contributed by atoms with Gasteiger partial charge in [0.15, 0.2) is 0 Å². The Morgan fingerprint density at radius 1 is 0.523 bits per heavy atom. The van der Waals surface area contributed by atoms with E-state index in [4.69, 9.17) is 51.0 Å². The van der Waals surface area contributed by atoms with Crippen molar-refractivity contribution < 1.29 is 42.6 Å². The van der Waals surface area contributed by atoms with Crippen LogP contribution in [-0.4, -0.2) is 164 Å². The van der Waals surface area contributed by atoms with E-state index < -0.39 is 22.7 Å². The summed E-state index contributed by atoms with van der Waals surface area (Å²) >= 11 is 0. The molecule has 2 bridgehead atoms. The fourth-order valence-corrected chi connectivity index (χ4v) is 18.5. The molecule has 2 atom stereocenters. The monoisotopic (exact) mass is 687 g/mol. The first-order valence-corrected chi connectivity index (χ1v) is 20.8. The molecule has 0 aromatic rings. The zero-order valence-electron chi connectivity index (χ0n) is 25.9. The lowest BCUT2D eigenvalue weighted by Crippen LogP contribution is -2.43. The Balaban J connectivity index is 1.64. The third-order valence-corrected chi connectivity index (χ3v) is 18.5. The highest BCUT2D eigenvalue weighted by Gasteiger charge is 2.48.